The summed E-state index contributed by atoms with van der Waals surface area (Å²) in [4.78, 5) is 23.2. The van der Waals surface area contributed by atoms with Crippen LogP contribution < -0.4 is 11.1 Å². The van der Waals surface area contributed by atoms with E-state index in [1.807, 2.05) is 13.8 Å². The minimum absolute atomic E-state index is 0.121. The Labute approximate surface area is 113 Å². The maximum atomic E-state index is 11.8. The Morgan fingerprint density at radius 2 is 1.95 bits per heavy atom. The van der Waals surface area contributed by atoms with Crippen molar-refractivity contribution in [3.63, 3.8) is 0 Å². The molecule has 0 saturated carbocycles. The molecule has 1 heterocycles. The lowest BCUT2D eigenvalue weighted by Gasteiger charge is -2.33. The van der Waals surface area contributed by atoms with Gasteiger partial charge >= 0.3 is 5.97 Å². The molecule has 0 bridgehead atoms. The summed E-state index contributed by atoms with van der Waals surface area (Å²) in [7, 11) is 0. The van der Waals surface area contributed by atoms with Crippen LogP contribution in [0.3, 0.4) is 0 Å². The van der Waals surface area contributed by atoms with E-state index in [2.05, 4.69) is 5.32 Å². The van der Waals surface area contributed by atoms with E-state index >= 15 is 0 Å². The molecule has 19 heavy (non-hydrogen) atoms. The van der Waals surface area contributed by atoms with Gasteiger partial charge in [0.1, 0.15) is 0 Å². The lowest BCUT2D eigenvalue weighted by Crippen LogP contribution is -2.50. The van der Waals surface area contributed by atoms with E-state index < -0.39 is 17.4 Å². The molecule has 0 spiro atoms. The van der Waals surface area contributed by atoms with Crippen LogP contribution in [0.5, 0.6) is 0 Å². The van der Waals surface area contributed by atoms with Crippen molar-refractivity contribution in [3.05, 3.63) is 0 Å². The molecule has 6 heteroatoms. The number of ether oxygens (including phenoxy) is 1. The minimum atomic E-state index is -0.911. The number of hydrogen-bond acceptors (Lipinski definition) is 4. The Bertz CT molecular complexity index is 325. The number of aliphatic carboxylic acids is 1. The second-order valence-corrected chi connectivity index (χ2v) is 5.65. The highest BCUT2D eigenvalue weighted by molar-refractivity contribution is 5.82. The maximum absolute atomic E-state index is 11.8. The van der Waals surface area contributed by atoms with Gasteiger partial charge in [0.2, 0.25) is 5.91 Å². The van der Waals surface area contributed by atoms with E-state index in [1.54, 1.807) is 0 Å². The molecule has 1 atom stereocenters. The van der Waals surface area contributed by atoms with Crippen molar-refractivity contribution in [2.45, 2.75) is 39.2 Å². The molecular weight excluding hydrogens is 248 g/mol. The van der Waals surface area contributed by atoms with Crippen LogP contribution in [0.15, 0.2) is 0 Å². The lowest BCUT2D eigenvalue weighted by molar-refractivity contribution is -0.154. The molecule has 1 amide bonds. The lowest BCUT2D eigenvalue weighted by atomic mass is 9.80. The minimum Gasteiger partial charge on any atom is -0.481 e. The molecular formula is C13H24N2O4. The fraction of sp³-hybridized carbons (Fsp3) is 0.846. The molecule has 1 aliphatic heterocycles. The first-order valence-corrected chi connectivity index (χ1v) is 6.72. The highest BCUT2D eigenvalue weighted by Gasteiger charge is 2.40. The Hall–Kier alpha value is -1.14. The van der Waals surface area contributed by atoms with E-state index in [4.69, 9.17) is 10.5 Å². The van der Waals surface area contributed by atoms with Crippen LogP contribution in [0.4, 0.5) is 0 Å². The first kappa shape index (κ1) is 15.9. The van der Waals surface area contributed by atoms with E-state index in [9.17, 15) is 14.7 Å². The van der Waals surface area contributed by atoms with Crippen LogP contribution in [-0.2, 0) is 14.3 Å². The average Bonchev–Trinajstić information content (AvgIpc) is 2.36. The van der Waals surface area contributed by atoms with Crippen LogP contribution in [0.1, 0.15) is 33.1 Å². The van der Waals surface area contributed by atoms with Gasteiger partial charge in [0.05, 0.1) is 11.5 Å². The van der Waals surface area contributed by atoms with Crippen LogP contribution in [0, 0.1) is 11.3 Å². The Morgan fingerprint density at radius 3 is 2.42 bits per heavy atom. The number of amides is 1. The van der Waals surface area contributed by atoms with Gasteiger partial charge < -0.3 is 20.9 Å². The SMILES string of the molecule is CC(C)CC(N)C(=O)NCC1(C(=O)O)CCOCC1. The summed E-state index contributed by atoms with van der Waals surface area (Å²) in [6, 6.07) is -0.578. The zero-order valence-electron chi connectivity index (χ0n) is 11.6. The largest absolute Gasteiger partial charge is 0.481 e. The number of carboxylic acids is 1. The molecule has 1 rings (SSSR count). The topological polar surface area (TPSA) is 102 Å². The van der Waals surface area contributed by atoms with Crippen LogP contribution >= 0.6 is 0 Å². The number of carboxylic acid groups (broad SMARTS) is 1. The highest BCUT2D eigenvalue weighted by atomic mass is 16.5. The van der Waals surface area contributed by atoms with Crippen LogP contribution in [0.2, 0.25) is 0 Å². The molecule has 1 unspecified atom stereocenters. The third-order valence-corrected chi connectivity index (χ3v) is 3.57. The van der Waals surface area contributed by atoms with Gasteiger partial charge in [-0.3, -0.25) is 9.59 Å². The van der Waals surface area contributed by atoms with Crippen molar-refractivity contribution in [2.75, 3.05) is 19.8 Å². The Morgan fingerprint density at radius 1 is 1.37 bits per heavy atom. The average molecular weight is 272 g/mol. The molecule has 1 aliphatic rings. The van der Waals surface area contributed by atoms with Gasteiger partial charge in [-0.25, -0.2) is 0 Å². The summed E-state index contributed by atoms with van der Waals surface area (Å²) in [5.74, 6) is -0.827. The summed E-state index contributed by atoms with van der Waals surface area (Å²) < 4.78 is 5.18. The quantitative estimate of drug-likeness (QED) is 0.648. The summed E-state index contributed by atoms with van der Waals surface area (Å²) in [6.07, 6.45) is 1.43. The van der Waals surface area contributed by atoms with Gasteiger partial charge in [-0.2, -0.15) is 0 Å². The second kappa shape index (κ2) is 6.86. The van der Waals surface area contributed by atoms with Crippen molar-refractivity contribution >= 4 is 11.9 Å². The highest BCUT2D eigenvalue weighted by Crippen LogP contribution is 2.30. The predicted molar refractivity (Wildman–Crippen MR) is 70.6 cm³/mol. The third-order valence-electron chi connectivity index (χ3n) is 3.57. The molecule has 1 saturated heterocycles. The zero-order valence-corrected chi connectivity index (χ0v) is 11.6. The van der Waals surface area contributed by atoms with E-state index in [1.165, 1.54) is 0 Å². The molecule has 0 aromatic carbocycles. The predicted octanol–water partition coefficient (Wildman–Crippen LogP) is 0.357. The summed E-state index contributed by atoms with van der Waals surface area (Å²) in [6.45, 7) is 4.94. The van der Waals surface area contributed by atoms with Gasteiger partial charge in [-0.05, 0) is 25.2 Å². The second-order valence-electron chi connectivity index (χ2n) is 5.65. The first-order valence-electron chi connectivity index (χ1n) is 6.72. The Kier molecular flexibility index (Phi) is 5.75. The van der Waals surface area contributed by atoms with E-state index in [0.717, 1.165) is 0 Å². The van der Waals surface area contributed by atoms with Crippen molar-refractivity contribution < 1.29 is 19.4 Å². The van der Waals surface area contributed by atoms with Crippen molar-refractivity contribution in [2.24, 2.45) is 17.1 Å². The molecule has 0 aromatic heterocycles. The third kappa shape index (κ3) is 4.47. The number of rotatable bonds is 6. The first-order chi connectivity index (χ1) is 8.87. The number of carbonyl (C=O) groups excluding carboxylic acids is 1. The molecule has 110 valence electrons. The summed E-state index contributed by atoms with van der Waals surface area (Å²) >= 11 is 0. The fourth-order valence-electron chi connectivity index (χ4n) is 2.23. The van der Waals surface area contributed by atoms with Crippen molar-refractivity contribution in [1.82, 2.24) is 5.32 Å². The molecule has 4 N–H and O–H groups in total. The van der Waals surface area contributed by atoms with Gasteiger partial charge in [-0.1, -0.05) is 13.8 Å². The van der Waals surface area contributed by atoms with Gasteiger partial charge in [0, 0.05) is 19.8 Å². The molecule has 0 aliphatic carbocycles. The number of carbonyl (C=O) groups is 2. The normalized spacial score (nSPS) is 20.0. The van der Waals surface area contributed by atoms with Gasteiger partial charge in [0.25, 0.3) is 0 Å². The standard InChI is InChI=1S/C13H24N2O4/c1-9(2)7-10(14)11(16)15-8-13(12(17)18)3-5-19-6-4-13/h9-10H,3-8,14H2,1-2H3,(H,15,16)(H,17,18). The molecule has 0 radical (unpaired) electrons. The van der Waals surface area contributed by atoms with Gasteiger partial charge in [-0.15, -0.1) is 0 Å². The number of nitrogens with two attached hydrogens (primary N) is 1. The summed E-state index contributed by atoms with van der Waals surface area (Å²) in [5, 5.41) is 12.0. The number of hydrogen-bond donors (Lipinski definition) is 3. The smallest absolute Gasteiger partial charge is 0.311 e. The van der Waals surface area contributed by atoms with Crippen LogP contribution in [0.25, 0.3) is 0 Å². The van der Waals surface area contributed by atoms with Crippen molar-refractivity contribution in [1.29, 1.82) is 0 Å². The fourth-order valence-corrected chi connectivity index (χ4v) is 2.23. The maximum Gasteiger partial charge on any atom is 0.311 e. The van der Waals surface area contributed by atoms with Crippen LogP contribution in [-0.4, -0.2) is 42.8 Å². The zero-order chi connectivity index (χ0) is 14.5. The summed E-state index contributed by atoms with van der Waals surface area (Å²) in [5.41, 5.74) is 4.86. The van der Waals surface area contributed by atoms with Crippen molar-refractivity contribution in [3.8, 4) is 0 Å². The number of nitrogens with one attached hydrogen (secondary N) is 1. The van der Waals surface area contributed by atoms with Gasteiger partial charge in [0.15, 0.2) is 0 Å². The Balaban J connectivity index is 2.52. The molecule has 6 nitrogen and oxygen atoms in total. The monoisotopic (exact) mass is 272 g/mol. The van der Waals surface area contributed by atoms with E-state index in [-0.39, 0.29) is 12.5 Å². The molecule has 1 fully saturated rings. The molecule has 0 aromatic rings. The van der Waals surface area contributed by atoms with E-state index in [0.29, 0.717) is 38.4 Å².